The number of ether oxygens (including phenoxy) is 1. The van der Waals surface area contributed by atoms with Gasteiger partial charge in [0.25, 0.3) is 0 Å². The van der Waals surface area contributed by atoms with Gasteiger partial charge in [-0.25, -0.2) is 12.7 Å². The van der Waals surface area contributed by atoms with Crippen LogP contribution in [0.3, 0.4) is 0 Å². The second-order valence-corrected chi connectivity index (χ2v) is 6.97. The Balaban J connectivity index is 2.86. The van der Waals surface area contributed by atoms with Gasteiger partial charge in [0.1, 0.15) is 4.90 Å². The van der Waals surface area contributed by atoms with Crippen molar-refractivity contribution in [2.45, 2.75) is 24.8 Å². The van der Waals surface area contributed by atoms with E-state index in [0.717, 1.165) is 4.31 Å². The minimum atomic E-state index is -3.54. The van der Waals surface area contributed by atoms with Crippen molar-refractivity contribution >= 4 is 21.4 Å². The van der Waals surface area contributed by atoms with Gasteiger partial charge >= 0.3 is 0 Å². The molecule has 0 aliphatic heterocycles. The fourth-order valence-electron chi connectivity index (χ4n) is 1.60. The van der Waals surface area contributed by atoms with Gasteiger partial charge in [0.15, 0.2) is 0 Å². The van der Waals surface area contributed by atoms with Crippen LogP contribution in [0.15, 0.2) is 23.1 Å². The summed E-state index contributed by atoms with van der Waals surface area (Å²) in [6.07, 6.45) is 0.162. The largest absolute Gasteiger partial charge is 0.396 e. The third-order valence-electron chi connectivity index (χ3n) is 2.69. The number of benzene rings is 1. The Bertz CT molecular complexity index is 542. The summed E-state index contributed by atoms with van der Waals surface area (Å²) >= 11 is 0. The standard InChI is InChI=1S/C13H23N3O3S/c1-10(2)19-9-8-15-11-6-5-7-12(13(11)14)20(17,18)16(3)4/h5-7,10,15H,8-9,14H2,1-4H3. The highest BCUT2D eigenvalue weighted by atomic mass is 32.2. The van der Waals surface area contributed by atoms with Gasteiger partial charge in [-0.05, 0) is 26.0 Å². The minimum Gasteiger partial charge on any atom is -0.396 e. The number of para-hydroxylation sites is 1. The first-order valence-corrected chi connectivity index (χ1v) is 7.87. The molecule has 0 bridgehead atoms. The van der Waals surface area contributed by atoms with E-state index in [1.54, 1.807) is 12.1 Å². The van der Waals surface area contributed by atoms with Crippen LogP contribution in [0.25, 0.3) is 0 Å². The van der Waals surface area contributed by atoms with E-state index in [4.69, 9.17) is 10.5 Å². The third kappa shape index (κ3) is 4.09. The molecule has 6 nitrogen and oxygen atoms in total. The smallest absolute Gasteiger partial charge is 0.244 e. The molecule has 0 aliphatic rings. The summed E-state index contributed by atoms with van der Waals surface area (Å²) < 4.78 is 30.8. The lowest BCUT2D eigenvalue weighted by molar-refractivity contribution is 0.0870. The lowest BCUT2D eigenvalue weighted by Gasteiger charge is -2.16. The second kappa shape index (κ2) is 6.92. The maximum Gasteiger partial charge on any atom is 0.244 e. The zero-order valence-corrected chi connectivity index (χ0v) is 13.2. The molecule has 20 heavy (non-hydrogen) atoms. The van der Waals surface area contributed by atoms with Crippen molar-refractivity contribution in [3.05, 3.63) is 18.2 Å². The first kappa shape index (κ1) is 16.7. The summed E-state index contributed by atoms with van der Waals surface area (Å²) in [6, 6.07) is 4.91. The highest BCUT2D eigenvalue weighted by molar-refractivity contribution is 7.89. The third-order valence-corrected chi connectivity index (χ3v) is 4.57. The Kier molecular flexibility index (Phi) is 5.79. The quantitative estimate of drug-likeness (QED) is 0.587. The zero-order valence-electron chi connectivity index (χ0n) is 12.4. The number of nitrogens with zero attached hydrogens (tertiary/aromatic N) is 1. The van der Waals surface area contributed by atoms with E-state index < -0.39 is 10.0 Å². The van der Waals surface area contributed by atoms with Gasteiger partial charge in [-0.1, -0.05) is 6.07 Å². The second-order valence-electron chi connectivity index (χ2n) is 4.85. The van der Waals surface area contributed by atoms with Crippen LogP contribution >= 0.6 is 0 Å². The van der Waals surface area contributed by atoms with Crippen LogP contribution in [0.5, 0.6) is 0 Å². The van der Waals surface area contributed by atoms with Crippen LogP contribution in [0.2, 0.25) is 0 Å². The van der Waals surface area contributed by atoms with Gasteiger partial charge in [-0.2, -0.15) is 0 Å². The van der Waals surface area contributed by atoms with Crippen molar-refractivity contribution in [2.24, 2.45) is 0 Å². The molecule has 1 aromatic rings. The molecule has 1 rings (SSSR count). The normalized spacial score (nSPS) is 12.1. The van der Waals surface area contributed by atoms with Gasteiger partial charge in [0.05, 0.1) is 24.1 Å². The molecule has 0 fully saturated rings. The van der Waals surface area contributed by atoms with Gasteiger partial charge in [-0.15, -0.1) is 0 Å². The van der Waals surface area contributed by atoms with Crippen molar-refractivity contribution in [1.29, 1.82) is 0 Å². The Hall–Kier alpha value is -1.31. The lowest BCUT2D eigenvalue weighted by atomic mass is 10.2. The summed E-state index contributed by atoms with van der Waals surface area (Å²) in [5, 5.41) is 3.09. The van der Waals surface area contributed by atoms with Crippen LogP contribution in [0.4, 0.5) is 11.4 Å². The van der Waals surface area contributed by atoms with E-state index in [2.05, 4.69) is 5.32 Å². The van der Waals surface area contributed by atoms with E-state index in [-0.39, 0.29) is 16.7 Å². The summed E-state index contributed by atoms with van der Waals surface area (Å²) in [7, 11) is -0.582. The first-order valence-electron chi connectivity index (χ1n) is 6.43. The monoisotopic (exact) mass is 301 g/mol. The minimum absolute atomic E-state index is 0.109. The number of hydrogen-bond donors (Lipinski definition) is 2. The molecule has 7 heteroatoms. The Labute approximate surface area is 121 Å². The number of hydrogen-bond acceptors (Lipinski definition) is 5. The van der Waals surface area contributed by atoms with E-state index in [9.17, 15) is 8.42 Å². The molecule has 0 heterocycles. The summed E-state index contributed by atoms with van der Waals surface area (Å²) in [5.41, 5.74) is 6.77. The maximum absolute atomic E-state index is 12.1. The molecule has 3 N–H and O–H groups in total. The molecule has 114 valence electrons. The van der Waals surface area contributed by atoms with Crippen molar-refractivity contribution in [3.63, 3.8) is 0 Å². The van der Waals surface area contributed by atoms with Crippen molar-refractivity contribution in [2.75, 3.05) is 38.3 Å². The molecule has 0 aliphatic carbocycles. The van der Waals surface area contributed by atoms with E-state index in [1.165, 1.54) is 20.2 Å². The van der Waals surface area contributed by atoms with Crippen molar-refractivity contribution in [3.8, 4) is 0 Å². The molecule has 0 unspecified atom stereocenters. The molecular weight excluding hydrogens is 278 g/mol. The topological polar surface area (TPSA) is 84.7 Å². The molecule has 0 atom stereocenters. The fourth-order valence-corrected chi connectivity index (χ4v) is 2.63. The Morgan fingerprint density at radius 1 is 1.35 bits per heavy atom. The van der Waals surface area contributed by atoms with Crippen LogP contribution in [-0.4, -0.2) is 46.1 Å². The van der Waals surface area contributed by atoms with Crippen LogP contribution < -0.4 is 11.1 Å². The van der Waals surface area contributed by atoms with Gasteiger partial charge in [-0.3, -0.25) is 0 Å². The van der Waals surface area contributed by atoms with Crippen molar-refractivity contribution < 1.29 is 13.2 Å². The number of rotatable bonds is 7. The average molecular weight is 301 g/mol. The number of nitrogen functional groups attached to an aromatic ring is 1. The van der Waals surface area contributed by atoms with Crippen molar-refractivity contribution in [1.82, 2.24) is 4.31 Å². The predicted molar refractivity (Wildman–Crippen MR) is 81.3 cm³/mol. The highest BCUT2D eigenvalue weighted by Crippen LogP contribution is 2.27. The number of sulfonamides is 1. The molecular formula is C13H23N3O3S. The fraction of sp³-hybridized carbons (Fsp3) is 0.538. The number of nitrogens with two attached hydrogens (primary N) is 1. The molecule has 0 amide bonds. The average Bonchev–Trinajstić information content (AvgIpc) is 2.35. The number of nitrogens with one attached hydrogen (secondary N) is 1. The molecule has 0 saturated carbocycles. The molecule has 0 saturated heterocycles. The van der Waals surface area contributed by atoms with E-state index >= 15 is 0 Å². The number of anilines is 2. The van der Waals surface area contributed by atoms with Gasteiger partial charge in [0.2, 0.25) is 10.0 Å². The Morgan fingerprint density at radius 3 is 2.55 bits per heavy atom. The van der Waals surface area contributed by atoms with Gasteiger partial charge in [0, 0.05) is 20.6 Å². The van der Waals surface area contributed by atoms with E-state index in [1.807, 2.05) is 13.8 Å². The summed E-state index contributed by atoms with van der Waals surface area (Å²) in [4.78, 5) is 0.109. The summed E-state index contributed by atoms with van der Waals surface area (Å²) in [6.45, 7) is 5.01. The van der Waals surface area contributed by atoms with E-state index in [0.29, 0.717) is 18.8 Å². The SMILES string of the molecule is CC(C)OCCNc1cccc(S(=O)(=O)N(C)C)c1N. The van der Waals surface area contributed by atoms with Crippen LogP contribution in [-0.2, 0) is 14.8 Å². The van der Waals surface area contributed by atoms with Gasteiger partial charge < -0.3 is 15.8 Å². The predicted octanol–water partition coefficient (Wildman–Crippen LogP) is 1.36. The molecule has 0 spiro atoms. The van der Waals surface area contributed by atoms with Crippen LogP contribution in [0.1, 0.15) is 13.8 Å². The first-order chi connectivity index (χ1) is 9.26. The molecule has 0 radical (unpaired) electrons. The molecule has 0 aromatic heterocycles. The van der Waals surface area contributed by atoms with Crippen LogP contribution in [0, 0.1) is 0 Å². The zero-order chi connectivity index (χ0) is 15.3. The summed E-state index contributed by atoms with van der Waals surface area (Å²) in [5.74, 6) is 0. The Morgan fingerprint density at radius 2 is 2.00 bits per heavy atom. The highest BCUT2D eigenvalue weighted by Gasteiger charge is 2.21. The molecule has 1 aromatic carbocycles. The maximum atomic E-state index is 12.1. The lowest BCUT2D eigenvalue weighted by Crippen LogP contribution is -2.23.